The number of nitrogens with one attached hydrogen (secondary N) is 2. The Hall–Kier alpha value is -3.10. The normalized spacial score (nSPS) is 18.4. The molecule has 4 unspecified atom stereocenters. The van der Waals surface area contributed by atoms with Gasteiger partial charge in [-0.1, -0.05) is 38.1 Å². The van der Waals surface area contributed by atoms with Crippen molar-refractivity contribution in [2.45, 2.75) is 91.5 Å². The molecule has 0 spiro atoms. The van der Waals surface area contributed by atoms with Crippen LogP contribution in [0.5, 0.6) is 0 Å². The standard InChI is InChI=1S/C27H41N3O6/c1-8-19-10-12-20(13-11-19)23(24(32)28-15-14-22(31)35-9-2)30(21-16-17(21)3)25(33)18(4)29-26(34)36-27(5,6)7/h10-13,17-18,21,23H,8-9,14-16H2,1-7H3,(H,28,32)(H,29,34). The molecule has 0 aliphatic heterocycles. The van der Waals surface area contributed by atoms with Crippen LogP contribution >= 0.6 is 0 Å². The minimum absolute atomic E-state index is 0.0332. The highest BCUT2D eigenvalue weighted by Gasteiger charge is 2.47. The number of amides is 3. The molecular formula is C27H41N3O6. The molecule has 3 amide bonds. The van der Waals surface area contributed by atoms with Crippen molar-refractivity contribution in [2.75, 3.05) is 13.2 Å². The van der Waals surface area contributed by atoms with Gasteiger partial charge in [0.05, 0.1) is 13.0 Å². The molecule has 2 rings (SSSR count). The van der Waals surface area contributed by atoms with Crippen molar-refractivity contribution < 1.29 is 28.7 Å². The molecule has 2 N–H and O–H groups in total. The van der Waals surface area contributed by atoms with Crippen molar-refractivity contribution in [3.63, 3.8) is 0 Å². The highest BCUT2D eigenvalue weighted by molar-refractivity contribution is 5.92. The molecule has 0 aromatic heterocycles. The lowest BCUT2D eigenvalue weighted by molar-refractivity contribution is -0.144. The van der Waals surface area contributed by atoms with Crippen molar-refractivity contribution in [2.24, 2.45) is 5.92 Å². The number of carbonyl (C=O) groups excluding carboxylic acids is 4. The minimum atomic E-state index is -0.913. The van der Waals surface area contributed by atoms with Crippen LogP contribution in [0.4, 0.5) is 4.79 Å². The molecule has 1 aliphatic rings. The summed E-state index contributed by atoms with van der Waals surface area (Å²) in [6.07, 6.45) is 0.932. The van der Waals surface area contributed by atoms with E-state index in [0.29, 0.717) is 5.56 Å². The first-order valence-corrected chi connectivity index (χ1v) is 12.7. The SMILES string of the molecule is CCOC(=O)CCNC(=O)C(c1ccc(CC)cc1)N(C(=O)C(C)NC(=O)OC(C)(C)C)C1CC1C. The number of hydrogen-bond acceptors (Lipinski definition) is 6. The molecule has 1 saturated carbocycles. The average Bonchev–Trinajstić information content (AvgIpc) is 3.51. The van der Waals surface area contributed by atoms with Gasteiger partial charge in [-0.25, -0.2) is 4.79 Å². The number of rotatable bonds is 11. The Kier molecular flexibility index (Phi) is 10.3. The van der Waals surface area contributed by atoms with Gasteiger partial charge in [0.25, 0.3) is 0 Å². The van der Waals surface area contributed by atoms with E-state index in [2.05, 4.69) is 10.6 Å². The maximum Gasteiger partial charge on any atom is 0.408 e. The summed E-state index contributed by atoms with van der Waals surface area (Å²) in [6, 6.07) is 5.62. The first kappa shape index (κ1) is 29.1. The lowest BCUT2D eigenvalue weighted by Gasteiger charge is -2.34. The van der Waals surface area contributed by atoms with Crippen molar-refractivity contribution >= 4 is 23.9 Å². The number of hydrogen-bond donors (Lipinski definition) is 2. The van der Waals surface area contributed by atoms with Crippen LogP contribution in [0.25, 0.3) is 0 Å². The zero-order valence-corrected chi connectivity index (χ0v) is 22.6. The van der Waals surface area contributed by atoms with E-state index >= 15 is 0 Å². The molecule has 200 valence electrons. The lowest BCUT2D eigenvalue weighted by Crippen LogP contribution is -2.53. The van der Waals surface area contributed by atoms with E-state index < -0.39 is 29.7 Å². The van der Waals surface area contributed by atoms with Gasteiger partial charge < -0.3 is 25.0 Å². The number of alkyl carbamates (subject to hydrolysis) is 1. The largest absolute Gasteiger partial charge is 0.466 e. The van der Waals surface area contributed by atoms with E-state index in [1.54, 1.807) is 39.5 Å². The Balaban J connectivity index is 2.31. The Morgan fingerprint density at radius 3 is 2.22 bits per heavy atom. The maximum atomic E-state index is 13.7. The van der Waals surface area contributed by atoms with Crippen molar-refractivity contribution in [1.29, 1.82) is 0 Å². The first-order chi connectivity index (χ1) is 16.9. The van der Waals surface area contributed by atoms with Crippen LogP contribution in [0.1, 0.15) is 78.5 Å². The van der Waals surface area contributed by atoms with Gasteiger partial charge >= 0.3 is 12.1 Å². The van der Waals surface area contributed by atoms with Gasteiger partial charge in [0.2, 0.25) is 11.8 Å². The fraction of sp³-hybridized carbons (Fsp3) is 0.630. The number of nitrogens with zero attached hydrogens (tertiary/aromatic N) is 1. The number of esters is 1. The predicted octanol–water partition coefficient (Wildman–Crippen LogP) is 3.51. The van der Waals surface area contributed by atoms with Crippen LogP contribution in [-0.2, 0) is 30.3 Å². The van der Waals surface area contributed by atoms with E-state index in [4.69, 9.17) is 9.47 Å². The monoisotopic (exact) mass is 503 g/mol. The zero-order chi connectivity index (χ0) is 27.0. The van der Waals surface area contributed by atoms with Crippen LogP contribution in [0, 0.1) is 5.92 Å². The fourth-order valence-electron chi connectivity index (χ4n) is 3.93. The Morgan fingerprint density at radius 2 is 1.72 bits per heavy atom. The average molecular weight is 504 g/mol. The quantitative estimate of drug-likeness (QED) is 0.447. The first-order valence-electron chi connectivity index (χ1n) is 12.7. The molecule has 0 radical (unpaired) electrons. The molecule has 36 heavy (non-hydrogen) atoms. The van der Waals surface area contributed by atoms with E-state index in [9.17, 15) is 19.2 Å². The van der Waals surface area contributed by atoms with Crippen molar-refractivity contribution in [3.8, 4) is 0 Å². The molecule has 1 aromatic carbocycles. The van der Waals surface area contributed by atoms with E-state index in [0.717, 1.165) is 18.4 Å². The van der Waals surface area contributed by atoms with Gasteiger partial charge in [-0.3, -0.25) is 14.4 Å². The van der Waals surface area contributed by atoms with Crippen LogP contribution in [0.2, 0.25) is 0 Å². The van der Waals surface area contributed by atoms with Gasteiger partial charge in [0.15, 0.2) is 0 Å². The van der Waals surface area contributed by atoms with Crippen LogP contribution in [0.15, 0.2) is 24.3 Å². The maximum absolute atomic E-state index is 13.7. The van der Waals surface area contributed by atoms with E-state index in [1.807, 2.05) is 38.1 Å². The fourth-order valence-corrected chi connectivity index (χ4v) is 3.93. The van der Waals surface area contributed by atoms with Crippen LogP contribution in [-0.4, -0.2) is 59.6 Å². The third-order valence-electron chi connectivity index (χ3n) is 5.95. The molecule has 1 fully saturated rings. The summed E-state index contributed by atoms with van der Waals surface area (Å²) in [6.45, 7) is 13.0. The van der Waals surface area contributed by atoms with Crippen molar-refractivity contribution in [3.05, 3.63) is 35.4 Å². The second-order valence-electron chi connectivity index (χ2n) is 10.2. The highest BCUT2D eigenvalue weighted by Crippen LogP contribution is 2.40. The number of carbonyl (C=O) groups is 4. The molecule has 0 bridgehead atoms. The van der Waals surface area contributed by atoms with Gasteiger partial charge in [0, 0.05) is 12.6 Å². The third-order valence-corrected chi connectivity index (χ3v) is 5.95. The second-order valence-corrected chi connectivity index (χ2v) is 10.2. The minimum Gasteiger partial charge on any atom is -0.466 e. The second kappa shape index (κ2) is 12.7. The van der Waals surface area contributed by atoms with Gasteiger partial charge in [-0.05, 0) is 64.5 Å². The molecule has 1 aromatic rings. The summed E-state index contributed by atoms with van der Waals surface area (Å²) >= 11 is 0. The molecular weight excluding hydrogens is 462 g/mol. The Labute approximate surface area is 214 Å². The molecule has 9 heteroatoms. The summed E-state index contributed by atoms with van der Waals surface area (Å²) in [5.41, 5.74) is 1.07. The van der Waals surface area contributed by atoms with Gasteiger partial charge in [-0.2, -0.15) is 0 Å². The third kappa shape index (κ3) is 8.53. The van der Waals surface area contributed by atoms with E-state index in [-0.39, 0.29) is 43.3 Å². The summed E-state index contributed by atoms with van der Waals surface area (Å²) in [5, 5.41) is 5.40. The Morgan fingerprint density at radius 1 is 1.11 bits per heavy atom. The topological polar surface area (TPSA) is 114 Å². The summed E-state index contributed by atoms with van der Waals surface area (Å²) in [5.74, 6) is -0.950. The molecule has 1 aliphatic carbocycles. The Bertz CT molecular complexity index is 924. The molecule has 9 nitrogen and oxygen atoms in total. The molecule has 0 saturated heterocycles. The zero-order valence-electron chi connectivity index (χ0n) is 22.6. The van der Waals surface area contributed by atoms with Gasteiger partial charge in [-0.15, -0.1) is 0 Å². The summed E-state index contributed by atoms with van der Waals surface area (Å²) < 4.78 is 10.2. The van der Waals surface area contributed by atoms with Gasteiger partial charge in [0.1, 0.15) is 17.7 Å². The summed E-state index contributed by atoms with van der Waals surface area (Å²) in [4.78, 5) is 52.8. The lowest BCUT2D eigenvalue weighted by atomic mass is 10.00. The van der Waals surface area contributed by atoms with E-state index in [1.165, 1.54) is 0 Å². The molecule has 4 atom stereocenters. The van der Waals surface area contributed by atoms with Crippen LogP contribution in [0.3, 0.4) is 0 Å². The number of ether oxygens (including phenoxy) is 2. The smallest absolute Gasteiger partial charge is 0.408 e. The molecule has 0 heterocycles. The number of benzene rings is 1. The highest BCUT2D eigenvalue weighted by atomic mass is 16.6. The number of aryl methyl sites for hydroxylation is 1. The predicted molar refractivity (Wildman–Crippen MR) is 136 cm³/mol. The van der Waals surface area contributed by atoms with Crippen molar-refractivity contribution in [1.82, 2.24) is 15.5 Å². The summed E-state index contributed by atoms with van der Waals surface area (Å²) in [7, 11) is 0. The van der Waals surface area contributed by atoms with Crippen LogP contribution < -0.4 is 10.6 Å².